The zero-order valence-corrected chi connectivity index (χ0v) is 10.2. The van der Waals surface area contributed by atoms with Gasteiger partial charge < -0.3 is 9.32 Å². The first-order chi connectivity index (χ1) is 7.83. The first-order valence-electron chi connectivity index (χ1n) is 5.23. The number of hydrogen-bond acceptors (Lipinski definition) is 4. The van der Waals surface area contributed by atoms with Crippen LogP contribution in [0.25, 0.3) is 0 Å². The van der Waals surface area contributed by atoms with Crippen molar-refractivity contribution >= 4 is 28.1 Å². The molecule has 3 nitrogen and oxygen atoms in total. The Morgan fingerprint density at radius 1 is 1.56 bits per heavy atom. The summed E-state index contributed by atoms with van der Waals surface area (Å²) in [6.07, 6.45) is 4.17. The van der Waals surface area contributed by atoms with Gasteiger partial charge in [-0.25, -0.2) is 4.98 Å². The standard InChI is InChI=1S/C11H11ClN2OS/c12-10-7-16-11(13-10)14(8-3-4-8)6-9-2-1-5-15-9/h1-2,5,7-8H,3-4,6H2. The zero-order chi connectivity index (χ0) is 11.0. The topological polar surface area (TPSA) is 29.3 Å². The van der Waals surface area contributed by atoms with Crippen molar-refractivity contribution in [1.29, 1.82) is 0 Å². The van der Waals surface area contributed by atoms with E-state index in [0.717, 1.165) is 17.4 Å². The molecule has 0 atom stereocenters. The van der Waals surface area contributed by atoms with Gasteiger partial charge in [-0.2, -0.15) is 0 Å². The van der Waals surface area contributed by atoms with Crippen molar-refractivity contribution in [3.8, 4) is 0 Å². The third-order valence-electron chi connectivity index (χ3n) is 2.60. The van der Waals surface area contributed by atoms with Gasteiger partial charge in [-0.15, -0.1) is 11.3 Å². The lowest BCUT2D eigenvalue weighted by molar-refractivity contribution is 0.501. The highest BCUT2D eigenvalue weighted by molar-refractivity contribution is 7.14. The van der Waals surface area contributed by atoms with Crippen LogP contribution in [0, 0.1) is 0 Å². The fourth-order valence-electron chi connectivity index (χ4n) is 1.69. The monoisotopic (exact) mass is 254 g/mol. The van der Waals surface area contributed by atoms with E-state index in [9.17, 15) is 0 Å². The number of rotatable bonds is 4. The summed E-state index contributed by atoms with van der Waals surface area (Å²) in [5.74, 6) is 0.971. The maximum Gasteiger partial charge on any atom is 0.187 e. The van der Waals surface area contributed by atoms with E-state index in [0.29, 0.717) is 11.2 Å². The average Bonchev–Trinajstić information content (AvgIpc) is 2.81. The van der Waals surface area contributed by atoms with Crippen LogP contribution in [0.4, 0.5) is 5.13 Å². The number of nitrogens with zero attached hydrogens (tertiary/aromatic N) is 2. The summed E-state index contributed by atoms with van der Waals surface area (Å²) >= 11 is 7.45. The molecule has 1 fully saturated rings. The summed E-state index contributed by atoms with van der Waals surface area (Å²) in [5.41, 5.74) is 0. The van der Waals surface area contributed by atoms with Crippen LogP contribution < -0.4 is 4.90 Å². The normalized spacial score (nSPS) is 15.3. The van der Waals surface area contributed by atoms with Crippen LogP contribution in [0.15, 0.2) is 28.2 Å². The molecule has 1 aliphatic rings. The largest absolute Gasteiger partial charge is 0.467 e. The number of anilines is 1. The summed E-state index contributed by atoms with van der Waals surface area (Å²) in [7, 11) is 0. The maximum atomic E-state index is 5.86. The van der Waals surface area contributed by atoms with Gasteiger partial charge >= 0.3 is 0 Å². The lowest BCUT2D eigenvalue weighted by Gasteiger charge is -2.19. The molecular formula is C11H11ClN2OS. The Labute approximate surface area is 103 Å². The molecule has 5 heteroatoms. The molecule has 3 rings (SSSR count). The van der Waals surface area contributed by atoms with E-state index in [4.69, 9.17) is 16.0 Å². The summed E-state index contributed by atoms with van der Waals surface area (Å²) in [5, 5.41) is 3.43. The van der Waals surface area contributed by atoms with Gasteiger partial charge in [-0.05, 0) is 25.0 Å². The minimum atomic E-state index is 0.574. The molecule has 1 aliphatic carbocycles. The van der Waals surface area contributed by atoms with Crippen molar-refractivity contribution in [3.05, 3.63) is 34.7 Å². The molecule has 2 aromatic rings. The lowest BCUT2D eigenvalue weighted by atomic mass is 10.4. The highest BCUT2D eigenvalue weighted by Gasteiger charge is 2.31. The van der Waals surface area contributed by atoms with Crippen molar-refractivity contribution in [2.45, 2.75) is 25.4 Å². The van der Waals surface area contributed by atoms with Gasteiger partial charge in [0.15, 0.2) is 5.13 Å². The summed E-state index contributed by atoms with van der Waals surface area (Å²) in [6.45, 7) is 0.779. The summed E-state index contributed by atoms with van der Waals surface area (Å²) < 4.78 is 5.37. The molecule has 0 unspecified atom stereocenters. The van der Waals surface area contributed by atoms with Crippen LogP contribution >= 0.6 is 22.9 Å². The highest BCUT2D eigenvalue weighted by Crippen LogP contribution is 2.35. The number of furan rings is 1. The van der Waals surface area contributed by atoms with Crippen LogP contribution in [-0.4, -0.2) is 11.0 Å². The SMILES string of the molecule is Clc1csc(N(Cc2ccco2)C2CC2)n1. The van der Waals surface area contributed by atoms with Gasteiger partial charge in [-0.1, -0.05) is 11.6 Å². The van der Waals surface area contributed by atoms with E-state index < -0.39 is 0 Å². The molecule has 2 heterocycles. The van der Waals surface area contributed by atoms with Gasteiger partial charge in [0, 0.05) is 11.4 Å². The maximum absolute atomic E-state index is 5.86. The number of hydrogen-bond donors (Lipinski definition) is 0. The molecule has 1 saturated carbocycles. The molecule has 0 bridgehead atoms. The molecule has 0 radical (unpaired) electrons. The van der Waals surface area contributed by atoms with E-state index >= 15 is 0 Å². The van der Waals surface area contributed by atoms with E-state index in [-0.39, 0.29) is 0 Å². The minimum absolute atomic E-state index is 0.574. The van der Waals surface area contributed by atoms with E-state index in [1.165, 1.54) is 12.8 Å². The Balaban J connectivity index is 1.81. The Hall–Kier alpha value is -1.00. The van der Waals surface area contributed by atoms with Crippen LogP contribution in [-0.2, 0) is 6.54 Å². The molecule has 2 aromatic heterocycles. The third kappa shape index (κ3) is 2.08. The van der Waals surface area contributed by atoms with Gasteiger partial charge in [-0.3, -0.25) is 0 Å². The smallest absolute Gasteiger partial charge is 0.187 e. The Morgan fingerprint density at radius 2 is 2.44 bits per heavy atom. The average molecular weight is 255 g/mol. The molecular weight excluding hydrogens is 244 g/mol. The molecule has 0 spiro atoms. The van der Waals surface area contributed by atoms with Gasteiger partial charge in [0.05, 0.1) is 12.8 Å². The Morgan fingerprint density at radius 3 is 3.00 bits per heavy atom. The molecule has 0 aromatic carbocycles. The number of halogens is 1. The van der Waals surface area contributed by atoms with Gasteiger partial charge in [0.25, 0.3) is 0 Å². The van der Waals surface area contributed by atoms with Crippen LogP contribution in [0.1, 0.15) is 18.6 Å². The van der Waals surface area contributed by atoms with Crippen LogP contribution in [0.5, 0.6) is 0 Å². The van der Waals surface area contributed by atoms with Gasteiger partial charge in [0.1, 0.15) is 10.9 Å². The Bertz CT molecular complexity index is 464. The van der Waals surface area contributed by atoms with Crippen molar-refractivity contribution in [3.63, 3.8) is 0 Å². The fraction of sp³-hybridized carbons (Fsp3) is 0.364. The predicted octanol–water partition coefficient (Wildman–Crippen LogP) is 3.56. The zero-order valence-electron chi connectivity index (χ0n) is 8.60. The molecule has 0 aliphatic heterocycles. The minimum Gasteiger partial charge on any atom is -0.467 e. The predicted molar refractivity (Wildman–Crippen MR) is 65.0 cm³/mol. The van der Waals surface area contributed by atoms with Crippen LogP contribution in [0.3, 0.4) is 0 Å². The first-order valence-corrected chi connectivity index (χ1v) is 6.49. The molecule has 16 heavy (non-hydrogen) atoms. The van der Waals surface area contributed by atoms with Gasteiger partial charge in [0.2, 0.25) is 0 Å². The van der Waals surface area contributed by atoms with Crippen molar-refractivity contribution in [2.75, 3.05) is 4.90 Å². The van der Waals surface area contributed by atoms with Crippen LogP contribution in [0.2, 0.25) is 5.15 Å². The fourth-order valence-corrected chi connectivity index (χ4v) is 2.71. The number of aromatic nitrogens is 1. The van der Waals surface area contributed by atoms with Crippen molar-refractivity contribution in [2.24, 2.45) is 0 Å². The van der Waals surface area contributed by atoms with E-state index in [1.54, 1.807) is 17.6 Å². The summed E-state index contributed by atoms with van der Waals surface area (Å²) in [4.78, 5) is 6.59. The lowest BCUT2D eigenvalue weighted by Crippen LogP contribution is -2.24. The van der Waals surface area contributed by atoms with E-state index in [1.807, 2.05) is 17.5 Å². The molecule has 0 saturated heterocycles. The molecule has 0 N–H and O–H groups in total. The first kappa shape index (κ1) is 10.2. The Kier molecular flexibility index (Phi) is 2.61. The molecule has 0 amide bonds. The summed E-state index contributed by atoms with van der Waals surface area (Å²) in [6, 6.07) is 4.51. The second kappa shape index (κ2) is 4.11. The highest BCUT2D eigenvalue weighted by atomic mass is 35.5. The van der Waals surface area contributed by atoms with E-state index in [2.05, 4.69) is 9.88 Å². The van der Waals surface area contributed by atoms with Crippen molar-refractivity contribution in [1.82, 2.24) is 4.98 Å². The third-order valence-corrected chi connectivity index (χ3v) is 3.80. The quantitative estimate of drug-likeness (QED) is 0.836. The molecule has 84 valence electrons. The second-order valence-corrected chi connectivity index (χ2v) is 5.12. The number of thiazole rings is 1. The van der Waals surface area contributed by atoms with Crippen molar-refractivity contribution < 1.29 is 4.42 Å². The second-order valence-electron chi connectivity index (χ2n) is 3.89.